The van der Waals surface area contributed by atoms with Gasteiger partial charge in [0.1, 0.15) is 5.82 Å². The number of hydrogen-bond acceptors (Lipinski definition) is 3. The van der Waals surface area contributed by atoms with Gasteiger partial charge in [-0.1, -0.05) is 60.0 Å². The van der Waals surface area contributed by atoms with Gasteiger partial charge in [-0.3, -0.25) is 4.79 Å². The topological polar surface area (TPSA) is 41.9 Å². The van der Waals surface area contributed by atoms with Crippen molar-refractivity contribution in [3.63, 3.8) is 0 Å². The van der Waals surface area contributed by atoms with Crippen molar-refractivity contribution >= 4 is 11.6 Å². The Bertz CT molecular complexity index is 871. The molecule has 1 fully saturated rings. The first kappa shape index (κ1) is 19.6. The molecule has 0 aromatic heterocycles. The third kappa shape index (κ3) is 4.84. The Morgan fingerprint density at radius 2 is 1.79 bits per heavy atom. The van der Waals surface area contributed by atoms with E-state index in [9.17, 15) is 9.18 Å². The molecule has 0 spiro atoms. The Kier molecular flexibility index (Phi) is 5.93. The van der Waals surface area contributed by atoms with Crippen LogP contribution in [0.15, 0.2) is 53.7 Å². The molecule has 0 bridgehead atoms. The van der Waals surface area contributed by atoms with Gasteiger partial charge in [-0.05, 0) is 43.0 Å². The number of carbonyl (C=O) groups excluding carboxylic acids is 1. The van der Waals surface area contributed by atoms with Crippen molar-refractivity contribution in [2.45, 2.75) is 51.7 Å². The molecule has 0 saturated heterocycles. The van der Waals surface area contributed by atoms with Crippen LogP contribution >= 0.6 is 0 Å². The van der Waals surface area contributed by atoms with Crippen molar-refractivity contribution in [1.29, 1.82) is 0 Å². The molecule has 1 saturated carbocycles. The van der Waals surface area contributed by atoms with E-state index in [2.05, 4.69) is 36.3 Å². The SMILES string of the molecule is Cc1ccc(C2=NOC(CN(Cc3ccc(F)cc3)C(=O)C3CCCC3)C2)cc1. The van der Waals surface area contributed by atoms with Crippen molar-refractivity contribution in [3.8, 4) is 0 Å². The number of halogens is 1. The van der Waals surface area contributed by atoms with Crippen LogP contribution in [-0.2, 0) is 16.2 Å². The average molecular weight is 394 g/mol. The van der Waals surface area contributed by atoms with Crippen molar-refractivity contribution in [2.75, 3.05) is 6.54 Å². The van der Waals surface area contributed by atoms with Gasteiger partial charge in [0, 0.05) is 18.9 Å². The highest BCUT2D eigenvalue weighted by Gasteiger charge is 2.31. The standard InChI is InChI=1S/C24H27FN2O2/c1-17-6-10-19(11-7-17)23-14-22(29-26-23)16-27(24(28)20-4-2-3-5-20)15-18-8-12-21(25)13-9-18/h6-13,20,22H,2-5,14-16H2,1H3. The smallest absolute Gasteiger partial charge is 0.226 e. The summed E-state index contributed by atoms with van der Waals surface area (Å²) in [4.78, 5) is 20.7. The summed E-state index contributed by atoms with van der Waals surface area (Å²) in [5.41, 5.74) is 4.11. The molecule has 2 aromatic carbocycles. The van der Waals surface area contributed by atoms with Crippen molar-refractivity contribution in [1.82, 2.24) is 4.90 Å². The fourth-order valence-corrected chi connectivity index (χ4v) is 4.16. The number of nitrogens with zero attached hydrogens (tertiary/aromatic N) is 2. The van der Waals surface area contributed by atoms with Gasteiger partial charge >= 0.3 is 0 Å². The Labute approximate surface area is 171 Å². The molecule has 29 heavy (non-hydrogen) atoms. The summed E-state index contributed by atoms with van der Waals surface area (Å²) < 4.78 is 13.3. The van der Waals surface area contributed by atoms with E-state index in [1.54, 1.807) is 12.1 Å². The second-order valence-electron chi connectivity index (χ2n) is 8.16. The molecule has 0 radical (unpaired) electrons. The minimum atomic E-state index is -0.266. The highest BCUT2D eigenvalue weighted by Crippen LogP contribution is 2.28. The van der Waals surface area contributed by atoms with Crippen LogP contribution in [0.4, 0.5) is 4.39 Å². The van der Waals surface area contributed by atoms with Gasteiger partial charge in [0.2, 0.25) is 5.91 Å². The van der Waals surface area contributed by atoms with Gasteiger partial charge in [0.25, 0.3) is 0 Å². The second-order valence-corrected chi connectivity index (χ2v) is 8.16. The monoisotopic (exact) mass is 394 g/mol. The quantitative estimate of drug-likeness (QED) is 0.703. The summed E-state index contributed by atoms with van der Waals surface area (Å²) in [6.07, 6.45) is 4.66. The van der Waals surface area contributed by atoms with Gasteiger partial charge in [0.15, 0.2) is 6.10 Å². The minimum Gasteiger partial charge on any atom is -0.390 e. The van der Waals surface area contributed by atoms with Gasteiger partial charge in [0.05, 0.1) is 12.3 Å². The van der Waals surface area contributed by atoms with Crippen LogP contribution in [-0.4, -0.2) is 29.2 Å². The van der Waals surface area contributed by atoms with Crippen LogP contribution < -0.4 is 0 Å². The van der Waals surface area contributed by atoms with E-state index in [0.717, 1.165) is 42.5 Å². The maximum atomic E-state index is 13.3. The summed E-state index contributed by atoms with van der Waals surface area (Å²) in [6, 6.07) is 14.6. The first-order chi connectivity index (χ1) is 14.1. The normalized spacial score (nSPS) is 19.1. The molecule has 4 rings (SSSR count). The Morgan fingerprint density at radius 1 is 1.10 bits per heavy atom. The third-order valence-electron chi connectivity index (χ3n) is 5.84. The number of aryl methyl sites for hydroxylation is 1. The van der Waals surface area contributed by atoms with E-state index in [1.807, 2.05) is 4.90 Å². The lowest BCUT2D eigenvalue weighted by Gasteiger charge is -2.27. The lowest BCUT2D eigenvalue weighted by Crippen LogP contribution is -2.40. The molecule has 4 nitrogen and oxygen atoms in total. The molecule has 1 aliphatic heterocycles. The summed E-state index contributed by atoms with van der Waals surface area (Å²) >= 11 is 0. The number of rotatable bonds is 6. The highest BCUT2D eigenvalue weighted by molar-refractivity contribution is 6.01. The predicted octanol–water partition coefficient (Wildman–Crippen LogP) is 4.85. The molecule has 2 aromatic rings. The molecular formula is C24H27FN2O2. The number of hydrogen-bond donors (Lipinski definition) is 0. The Balaban J connectivity index is 1.44. The van der Waals surface area contributed by atoms with E-state index in [1.165, 1.54) is 17.7 Å². The van der Waals surface area contributed by atoms with Crippen molar-refractivity contribution < 1.29 is 14.0 Å². The van der Waals surface area contributed by atoms with Crippen LogP contribution in [0.25, 0.3) is 0 Å². The highest BCUT2D eigenvalue weighted by atomic mass is 19.1. The van der Waals surface area contributed by atoms with Gasteiger partial charge in [-0.2, -0.15) is 0 Å². The lowest BCUT2D eigenvalue weighted by molar-refractivity contribution is -0.137. The molecule has 152 valence electrons. The second kappa shape index (κ2) is 8.76. The number of benzene rings is 2. The van der Waals surface area contributed by atoms with E-state index in [-0.39, 0.29) is 23.7 Å². The molecule has 2 aliphatic rings. The molecule has 1 atom stereocenters. The van der Waals surface area contributed by atoms with Crippen LogP contribution in [0.5, 0.6) is 0 Å². The number of carbonyl (C=O) groups is 1. The van der Waals surface area contributed by atoms with Crippen LogP contribution in [0.3, 0.4) is 0 Å². The van der Waals surface area contributed by atoms with Crippen LogP contribution in [0.2, 0.25) is 0 Å². The van der Waals surface area contributed by atoms with E-state index in [4.69, 9.17) is 4.84 Å². The summed E-state index contributed by atoms with van der Waals surface area (Å²) in [5.74, 6) is 0.00577. The third-order valence-corrected chi connectivity index (χ3v) is 5.84. The molecule has 0 N–H and O–H groups in total. The van der Waals surface area contributed by atoms with Crippen LogP contribution in [0, 0.1) is 18.7 Å². The summed E-state index contributed by atoms with van der Waals surface area (Å²) in [5, 5.41) is 4.27. The Morgan fingerprint density at radius 3 is 2.48 bits per heavy atom. The zero-order valence-corrected chi connectivity index (χ0v) is 16.8. The van der Waals surface area contributed by atoms with E-state index >= 15 is 0 Å². The van der Waals surface area contributed by atoms with E-state index < -0.39 is 0 Å². The van der Waals surface area contributed by atoms with Gasteiger partial charge in [-0.25, -0.2) is 4.39 Å². The first-order valence-electron chi connectivity index (χ1n) is 10.4. The average Bonchev–Trinajstić information content (AvgIpc) is 3.41. The lowest BCUT2D eigenvalue weighted by atomic mass is 10.0. The van der Waals surface area contributed by atoms with Gasteiger partial charge < -0.3 is 9.74 Å². The van der Waals surface area contributed by atoms with Crippen molar-refractivity contribution in [3.05, 3.63) is 71.0 Å². The fraction of sp³-hybridized carbons (Fsp3) is 0.417. The summed E-state index contributed by atoms with van der Waals surface area (Å²) in [6.45, 7) is 3.02. The molecule has 1 aliphatic carbocycles. The molecule has 1 heterocycles. The minimum absolute atomic E-state index is 0.0920. The zero-order chi connectivity index (χ0) is 20.2. The predicted molar refractivity (Wildman–Crippen MR) is 111 cm³/mol. The van der Waals surface area contributed by atoms with Gasteiger partial charge in [-0.15, -0.1) is 0 Å². The molecule has 1 unspecified atom stereocenters. The largest absolute Gasteiger partial charge is 0.390 e. The Hall–Kier alpha value is -2.69. The zero-order valence-electron chi connectivity index (χ0n) is 16.8. The fourth-order valence-electron chi connectivity index (χ4n) is 4.16. The first-order valence-corrected chi connectivity index (χ1v) is 10.4. The van der Waals surface area contributed by atoms with Crippen LogP contribution in [0.1, 0.15) is 48.8 Å². The molecule has 5 heteroatoms. The van der Waals surface area contributed by atoms with E-state index in [0.29, 0.717) is 19.5 Å². The number of amides is 1. The van der Waals surface area contributed by atoms with Crippen molar-refractivity contribution in [2.24, 2.45) is 11.1 Å². The molecular weight excluding hydrogens is 367 g/mol. The molecule has 1 amide bonds. The maximum absolute atomic E-state index is 13.3. The maximum Gasteiger partial charge on any atom is 0.226 e. The number of oxime groups is 1. The summed E-state index contributed by atoms with van der Waals surface area (Å²) in [7, 11) is 0.